The largest absolute Gasteiger partial charge is 0.256 e. The Labute approximate surface area is 222 Å². The lowest BCUT2D eigenvalue weighted by molar-refractivity contribution is 0.678. The predicted molar refractivity (Wildman–Crippen MR) is 160 cm³/mol. The smallest absolute Gasteiger partial charge is 0.0630 e. The molecule has 0 aliphatic heterocycles. The molecule has 188 valence electrons. The van der Waals surface area contributed by atoms with Crippen LogP contribution in [0.15, 0.2) is 107 Å². The van der Waals surface area contributed by atoms with Gasteiger partial charge in [0.25, 0.3) is 0 Å². The minimum absolute atomic E-state index is 1.01. The second-order valence-corrected chi connectivity index (χ2v) is 9.60. The Morgan fingerprint density at radius 2 is 0.784 bits per heavy atom. The van der Waals surface area contributed by atoms with E-state index in [1.807, 2.05) is 12.4 Å². The van der Waals surface area contributed by atoms with Crippen LogP contribution in [-0.4, -0.2) is 12.4 Å². The van der Waals surface area contributed by atoms with E-state index < -0.39 is 0 Å². The van der Waals surface area contributed by atoms with Gasteiger partial charge in [-0.05, 0) is 96.2 Å². The van der Waals surface area contributed by atoms with Crippen molar-refractivity contribution in [3.63, 3.8) is 0 Å². The minimum atomic E-state index is 1.01. The molecule has 0 fully saturated rings. The molecule has 2 nitrogen and oxygen atoms in total. The van der Waals surface area contributed by atoms with Crippen LogP contribution < -0.4 is 0 Å². The second-order valence-electron chi connectivity index (χ2n) is 9.60. The third-order valence-electron chi connectivity index (χ3n) is 6.80. The normalized spacial score (nSPS) is 11.5. The number of rotatable bonds is 12. The molecule has 0 saturated heterocycles. The van der Waals surface area contributed by atoms with Crippen LogP contribution in [0.4, 0.5) is 11.4 Å². The summed E-state index contributed by atoms with van der Waals surface area (Å²) < 4.78 is 0. The molecule has 4 rings (SSSR count). The van der Waals surface area contributed by atoms with Gasteiger partial charge < -0.3 is 0 Å². The number of unbranched alkanes of at least 4 members (excludes halogenated alkanes) is 2. The molecular weight excluding hydrogens is 448 g/mol. The summed E-state index contributed by atoms with van der Waals surface area (Å²) >= 11 is 0. The predicted octanol–water partition coefficient (Wildman–Crippen LogP) is 9.27. The van der Waals surface area contributed by atoms with Gasteiger partial charge in [0.15, 0.2) is 0 Å². The summed E-state index contributed by atoms with van der Waals surface area (Å²) in [7, 11) is 0. The maximum absolute atomic E-state index is 4.62. The lowest BCUT2D eigenvalue weighted by Crippen LogP contribution is -1.89. The van der Waals surface area contributed by atoms with E-state index in [-0.39, 0.29) is 0 Å². The van der Waals surface area contributed by atoms with E-state index in [4.69, 9.17) is 0 Å². The zero-order valence-corrected chi connectivity index (χ0v) is 22.2. The molecule has 0 spiro atoms. The maximum atomic E-state index is 4.62. The van der Waals surface area contributed by atoms with Crippen molar-refractivity contribution in [1.29, 1.82) is 0 Å². The summed E-state index contributed by atoms with van der Waals surface area (Å²) in [6.07, 6.45) is 11.9. The van der Waals surface area contributed by atoms with E-state index in [1.54, 1.807) is 0 Å². The third kappa shape index (κ3) is 8.68. The Balaban J connectivity index is 1.15. The molecule has 0 amide bonds. The molecule has 0 unspecified atom stereocenters. The van der Waals surface area contributed by atoms with Crippen molar-refractivity contribution >= 4 is 23.8 Å². The molecule has 0 bridgehead atoms. The summed E-state index contributed by atoms with van der Waals surface area (Å²) in [4.78, 5) is 9.24. The number of hydrogen-bond donors (Lipinski definition) is 0. The van der Waals surface area contributed by atoms with Crippen LogP contribution in [0.3, 0.4) is 0 Å². The highest BCUT2D eigenvalue weighted by Gasteiger charge is 1.98. The summed E-state index contributed by atoms with van der Waals surface area (Å²) in [6, 6.07) is 34.5. The number of hydrogen-bond acceptors (Lipinski definition) is 2. The quantitative estimate of drug-likeness (QED) is 0.141. The topological polar surface area (TPSA) is 24.7 Å². The van der Waals surface area contributed by atoms with E-state index in [9.17, 15) is 0 Å². The first kappa shape index (κ1) is 26.3. The summed E-state index contributed by atoms with van der Waals surface area (Å²) in [5.74, 6) is 0. The zero-order chi connectivity index (χ0) is 25.7. The highest BCUT2D eigenvalue weighted by molar-refractivity contribution is 5.82. The van der Waals surface area contributed by atoms with Gasteiger partial charge in [0.1, 0.15) is 0 Å². The lowest BCUT2D eigenvalue weighted by atomic mass is 10.0. The molecule has 0 aliphatic carbocycles. The number of aryl methyl sites for hydroxylation is 4. The van der Waals surface area contributed by atoms with Gasteiger partial charge in [-0.25, -0.2) is 0 Å². The third-order valence-corrected chi connectivity index (χ3v) is 6.80. The van der Waals surface area contributed by atoms with Crippen molar-refractivity contribution in [3.8, 4) is 0 Å². The van der Waals surface area contributed by atoms with Gasteiger partial charge in [-0.2, -0.15) is 0 Å². The van der Waals surface area contributed by atoms with Crippen molar-refractivity contribution in [2.75, 3.05) is 0 Å². The molecule has 4 aromatic carbocycles. The Hall–Kier alpha value is -3.78. The molecule has 37 heavy (non-hydrogen) atoms. The number of benzene rings is 4. The average molecular weight is 487 g/mol. The zero-order valence-electron chi connectivity index (χ0n) is 22.2. The van der Waals surface area contributed by atoms with Gasteiger partial charge in [-0.1, -0.05) is 93.1 Å². The highest BCUT2D eigenvalue weighted by atomic mass is 14.7. The molecule has 2 heteroatoms. The molecule has 0 aliphatic rings. The monoisotopic (exact) mass is 486 g/mol. The highest BCUT2D eigenvalue weighted by Crippen LogP contribution is 2.18. The van der Waals surface area contributed by atoms with Crippen molar-refractivity contribution in [2.45, 2.75) is 58.8 Å². The molecule has 0 saturated carbocycles. The standard InChI is InChI=1S/C35H38N2/c1-3-28-10-14-32(15-11-28)26-36-34-22-18-30(19-23-34)8-6-5-7-9-31-20-24-35(25-21-31)37-27-33-16-12-29(4-2)13-17-33/h10-27H,3-9H2,1-2H3. The molecule has 0 aromatic heterocycles. The summed E-state index contributed by atoms with van der Waals surface area (Å²) in [5, 5.41) is 0. The first-order valence-electron chi connectivity index (χ1n) is 13.7. The van der Waals surface area contributed by atoms with Gasteiger partial charge in [0.2, 0.25) is 0 Å². The first-order valence-corrected chi connectivity index (χ1v) is 13.7. The van der Waals surface area contributed by atoms with Crippen LogP contribution in [0.2, 0.25) is 0 Å². The number of nitrogens with zero attached hydrogens (tertiary/aromatic N) is 2. The van der Waals surface area contributed by atoms with E-state index >= 15 is 0 Å². The van der Waals surface area contributed by atoms with E-state index in [1.165, 1.54) is 41.5 Å². The lowest BCUT2D eigenvalue weighted by Gasteiger charge is -2.04. The Kier molecular flexibility index (Phi) is 10.0. The van der Waals surface area contributed by atoms with Gasteiger partial charge in [-0.3, -0.25) is 9.98 Å². The van der Waals surface area contributed by atoms with Crippen molar-refractivity contribution < 1.29 is 0 Å². The second kappa shape index (κ2) is 14.1. The van der Waals surface area contributed by atoms with E-state index in [0.29, 0.717) is 0 Å². The van der Waals surface area contributed by atoms with Crippen LogP contribution in [0.25, 0.3) is 0 Å². The average Bonchev–Trinajstić information content (AvgIpc) is 2.96. The molecule has 0 atom stereocenters. The molecular formula is C35H38N2. The number of aliphatic imine (C=N–C) groups is 2. The van der Waals surface area contributed by atoms with Gasteiger partial charge >= 0.3 is 0 Å². The van der Waals surface area contributed by atoms with Crippen molar-refractivity contribution in [3.05, 3.63) is 130 Å². The minimum Gasteiger partial charge on any atom is -0.256 e. The van der Waals surface area contributed by atoms with Crippen LogP contribution in [-0.2, 0) is 25.7 Å². The molecule has 0 N–H and O–H groups in total. The molecule has 0 radical (unpaired) electrons. The fourth-order valence-corrected chi connectivity index (χ4v) is 4.31. The Bertz CT molecular complexity index is 1160. The van der Waals surface area contributed by atoms with Gasteiger partial charge in [0.05, 0.1) is 11.4 Å². The maximum Gasteiger partial charge on any atom is 0.0630 e. The van der Waals surface area contributed by atoms with E-state index in [0.717, 1.165) is 48.2 Å². The van der Waals surface area contributed by atoms with Crippen molar-refractivity contribution in [1.82, 2.24) is 0 Å². The van der Waals surface area contributed by atoms with E-state index in [2.05, 4.69) is 121 Å². The Morgan fingerprint density at radius 3 is 1.14 bits per heavy atom. The van der Waals surface area contributed by atoms with Crippen molar-refractivity contribution in [2.24, 2.45) is 9.98 Å². The fraction of sp³-hybridized carbons (Fsp3) is 0.257. The first-order chi connectivity index (χ1) is 18.2. The summed E-state index contributed by atoms with van der Waals surface area (Å²) in [5.41, 5.74) is 9.78. The summed E-state index contributed by atoms with van der Waals surface area (Å²) in [6.45, 7) is 4.35. The van der Waals surface area contributed by atoms with Crippen LogP contribution in [0.1, 0.15) is 66.5 Å². The Morgan fingerprint density at radius 1 is 0.432 bits per heavy atom. The fourth-order valence-electron chi connectivity index (χ4n) is 4.31. The SMILES string of the molecule is CCc1ccc(C=Nc2ccc(CCCCCc3ccc(N=Cc4ccc(CC)cc4)cc3)cc2)cc1. The van der Waals surface area contributed by atoms with Crippen LogP contribution in [0, 0.1) is 0 Å². The van der Waals surface area contributed by atoms with Crippen LogP contribution >= 0.6 is 0 Å². The molecule has 4 aromatic rings. The van der Waals surface area contributed by atoms with Gasteiger partial charge in [0, 0.05) is 12.4 Å². The van der Waals surface area contributed by atoms with Crippen LogP contribution in [0.5, 0.6) is 0 Å². The molecule has 0 heterocycles. The van der Waals surface area contributed by atoms with Gasteiger partial charge in [-0.15, -0.1) is 0 Å².